The Labute approximate surface area is 152 Å². The summed E-state index contributed by atoms with van der Waals surface area (Å²) in [6.07, 6.45) is 1.35. The molecule has 2 N–H and O–H groups in total. The van der Waals surface area contributed by atoms with Crippen LogP contribution in [-0.4, -0.2) is 21.9 Å². The van der Waals surface area contributed by atoms with Crippen molar-refractivity contribution in [2.75, 3.05) is 5.32 Å². The molecular formula is C20H24FN3O2. The smallest absolute Gasteiger partial charge is 0.272 e. The number of nitrogens with one attached hydrogen (secondary N) is 2. The molecule has 0 spiro atoms. The topological polar surface area (TPSA) is 63.1 Å². The molecule has 0 fully saturated rings. The Bertz CT molecular complexity index is 892. The summed E-state index contributed by atoms with van der Waals surface area (Å²) >= 11 is 0. The molecule has 1 aromatic heterocycles. The van der Waals surface area contributed by atoms with E-state index in [4.69, 9.17) is 0 Å². The minimum atomic E-state index is -0.400. The van der Waals surface area contributed by atoms with Crippen molar-refractivity contribution >= 4 is 17.5 Å². The first-order valence-electron chi connectivity index (χ1n) is 8.68. The zero-order valence-electron chi connectivity index (χ0n) is 15.8. The van der Waals surface area contributed by atoms with Gasteiger partial charge in [0.05, 0.1) is 5.56 Å². The minimum Gasteiger partial charge on any atom is -0.347 e. The van der Waals surface area contributed by atoms with Crippen LogP contribution in [0.2, 0.25) is 0 Å². The lowest BCUT2D eigenvalue weighted by molar-refractivity contribution is 0.0914. The van der Waals surface area contributed by atoms with Crippen LogP contribution in [0.1, 0.15) is 57.9 Å². The lowest BCUT2D eigenvalue weighted by atomic mass is 9.96. The number of benzene rings is 1. The summed E-state index contributed by atoms with van der Waals surface area (Å²) < 4.78 is 15.4. The third kappa shape index (κ3) is 3.23. The Balaban J connectivity index is 2.02. The van der Waals surface area contributed by atoms with Crippen molar-refractivity contribution in [3.05, 3.63) is 52.1 Å². The van der Waals surface area contributed by atoms with Crippen molar-refractivity contribution in [2.45, 2.75) is 46.1 Å². The molecule has 1 aliphatic rings. The maximum atomic E-state index is 13.6. The molecule has 0 radical (unpaired) electrons. The van der Waals surface area contributed by atoms with Crippen molar-refractivity contribution in [1.82, 2.24) is 9.88 Å². The molecule has 0 saturated heterocycles. The third-order valence-corrected chi connectivity index (χ3v) is 4.98. The molecule has 2 heterocycles. The van der Waals surface area contributed by atoms with Gasteiger partial charge < -0.3 is 15.2 Å². The number of carbonyl (C=O) groups is 2. The summed E-state index contributed by atoms with van der Waals surface area (Å²) in [5.41, 5.74) is 3.31. The Morgan fingerprint density at radius 1 is 1.27 bits per heavy atom. The summed E-state index contributed by atoms with van der Waals surface area (Å²) in [5.74, 6) is -0.895. The molecule has 3 rings (SSSR count). The predicted molar refractivity (Wildman–Crippen MR) is 99.1 cm³/mol. The zero-order chi connectivity index (χ0) is 19.2. The monoisotopic (exact) mass is 357 g/mol. The Morgan fingerprint density at radius 2 is 1.96 bits per heavy atom. The molecule has 6 heteroatoms. The number of hydrogen-bond acceptors (Lipinski definition) is 2. The fourth-order valence-corrected chi connectivity index (χ4v) is 3.58. The second kappa shape index (κ2) is 6.27. The fraction of sp³-hybridized carbons (Fsp3) is 0.400. The number of amides is 2. The molecule has 138 valence electrons. The number of fused-ring (bicyclic) bond motifs is 1. The largest absolute Gasteiger partial charge is 0.347 e. The molecule has 0 bridgehead atoms. The average molecular weight is 357 g/mol. The van der Waals surface area contributed by atoms with E-state index in [1.54, 1.807) is 24.6 Å². The lowest BCUT2D eigenvalue weighted by Crippen LogP contribution is -2.42. The number of nitrogens with zero attached hydrogens (tertiary/aromatic N) is 1. The lowest BCUT2D eigenvalue weighted by Gasteiger charge is -2.23. The van der Waals surface area contributed by atoms with Crippen LogP contribution in [0.3, 0.4) is 0 Å². The van der Waals surface area contributed by atoms with Crippen LogP contribution >= 0.6 is 0 Å². The second-order valence-electron chi connectivity index (χ2n) is 7.66. The number of anilines is 1. The number of aryl methyl sites for hydroxylation is 1. The van der Waals surface area contributed by atoms with Crippen LogP contribution in [0.25, 0.3) is 0 Å². The van der Waals surface area contributed by atoms with Gasteiger partial charge in [0.25, 0.3) is 11.8 Å². The van der Waals surface area contributed by atoms with E-state index in [0.717, 1.165) is 23.2 Å². The summed E-state index contributed by atoms with van der Waals surface area (Å²) in [6.45, 7) is 7.55. The van der Waals surface area contributed by atoms with Gasteiger partial charge in [-0.1, -0.05) is 0 Å². The minimum absolute atomic E-state index is 0.156. The highest BCUT2D eigenvalue weighted by Crippen LogP contribution is 2.29. The second-order valence-corrected chi connectivity index (χ2v) is 7.66. The van der Waals surface area contributed by atoms with Crippen LogP contribution in [0.4, 0.5) is 10.1 Å². The maximum absolute atomic E-state index is 13.6. The summed E-state index contributed by atoms with van der Waals surface area (Å²) in [5, 5.41) is 5.79. The van der Waals surface area contributed by atoms with Crippen LogP contribution in [0.5, 0.6) is 0 Å². The van der Waals surface area contributed by atoms with Crippen LogP contribution in [0.15, 0.2) is 18.2 Å². The quantitative estimate of drug-likeness (QED) is 0.864. The zero-order valence-corrected chi connectivity index (χ0v) is 15.8. The van der Waals surface area contributed by atoms with Gasteiger partial charge in [0.2, 0.25) is 0 Å². The molecule has 1 aromatic carbocycles. The highest BCUT2D eigenvalue weighted by atomic mass is 19.1. The average Bonchev–Trinajstić information content (AvgIpc) is 2.67. The summed E-state index contributed by atoms with van der Waals surface area (Å²) in [6, 6.07) is 4.40. The van der Waals surface area contributed by atoms with Gasteiger partial charge in [0.15, 0.2) is 0 Å². The molecule has 0 saturated carbocycles. The van der Waals surface area contributed by atoms with Crippen LogP contribution in [-0.2, 0) is 13.5 Å². The van der Waals surface area contributed by atoms with E-state index in [1.165, 1.54) is 12.1 Å². The molecule has 26 heavy (non-hydrogen) atoms. The van der Waals surface area contributed by atoms with Gasteiger partial charge in [-0.3, -0.25) is 9.59 Å². The highest BCUT2D eigenvalue weighted by Gasteiger charge is 2.34. The highest BCUT2D eigenvalue weighted by molar-refractivity contribution is 6.08. The first kappa shape index (κ1) is 18.2. The third-order valence-electron chi connectivity index (χ3n) is 4.98. The van der Waals surface area contributed by atoms with Crippen molar-refractivity contribution in [3.8, 4) is 0 Å². The van der Waals surface area contributed by atoms with Gasteiger partial charge in [-0.15, -0.1) is 0 Å². The van der Waals surface area contributed by atoms with Gasteiger partial charge in [0.1, 0.15) is 11.5 Å². The Morgan fingerprint density at radius 3 is 2.62 bits per heavy atom. The van der Waals surface area contributed by atoms with Crippen LogP contribution in [0, 0.1) is 19.7 Å². The molecule has 0 unspecified atom stereocenters. The van der Waals surface area contributed by atoms with Gasteiger partial charge in [-0.05, 0) is 69.9 Å². The molecule has 2 amide bonds. The molecular weight excluding hydrogens is 333 g/mol. The first-order chi connectivity index (χ1) is 12.1. The van der Waals surface area contributed by atoms with Gasteiger partial charge >= 0.3 is 0 Å². The van der Waals surface area contributed by atoms with E-state index in [0.29, 0.717) is 23.4 Å². The predicted octanol–water partition coefficient (Wildman–Crippen LogP) is 3.49. The van der Waals surface area contributed by atoms with E-state index in [1.807, 2.05) is 20.8 Å². The van der Waals surface area contributed by atoms with Crippen molar-refractivity contribution in [1.29, 1.82) is 0 Å². The first-order valence-corrected chi connectivity index (χ1v) is 8.68. The van der Waals surface area contributed by atoms with Gasteiger partial charge in [0, 0.05) is 24.0 Å². The number of halogens is 1. The number of rotatable bonds is 2. The normalized spacial score (nSPS) is 15.8. The molecule has 0 atom stereocenters. The Hall–Kier alpha value is -2.63. The Kier molecular flexibility index (Phi) is 4.38. The maximum Gasteiger partial charge on any atom is 0.272 e. The fourth-order valence-electron chi connectivity index (χ4n) is 3.58. The van der Waals surface area contributed by atoms with Crippen molar-refractivity contribution in [3.63, 3.8) is 0 Å². The molecule has 1 aliphatic heterocycles. The van der Waals surface area contributed by atoms with Crippen LogP contribution < -0.4 is 10.6 Å². The van der Waals surface area contributed by atoms with E-state index in [9.17, 15) is 14.0 Å². The molecule has 5 nitrogen and oxygen atoms in total. The standard InChI is InChI=1S/C20H24FN3O2/c1-11-8-13(21)10-14(9-11)22-19(26)17-15-6-7-20(3,4)23-18(25)16(15)12(2)24(17)5/h8-10H,6-7H2,1-5H3,(H,22,26)(H,23,25). The van der Waals surface area contributed by atoms with E-state index < -0.39 is 5.82 Å². The van der Waals surface area contributed by atoms with Crippen molar-refractivity contribution < 1.29 is 14.0 Å². The molecule has 0 aliphatic carbocycles. The van der Waals surface area contributed by atoms with E-state index in [-0.39, 0.29) is 17.4 Å². The van der Waals surface area contributed by atoms with E-state index >= 15 is 0 Å². The number of hydrogen-bond donors (Lipinski definition) is 2. The number of aromatic nitrogens is 1. The molecule has 2 aromatic rings. The number of carbonyl (C=O) groups excluding carboxylic acids is 2. The SMILES string of the molecule is Cc1cc(F)cc(NC(=O)c2c3c(c(C)n2C)C(=O)NC(C)(C)CC3)c1. The van der Waals surface area contributed by atoms with Gasteiger partial charge in [-0.25, -0.2) is 4.39 Å². The van der Waals surface area contributed by atoms with Gasteiger partial charge in [-0.2, -0.15) is 0 Å². The van der Waals surface area contributed by atoms with E-state index in [2.05, 4.69) is 10.6 Å². The summed E-state index contributed by atoms with van der Waals surface area (Å²) in [7, 11) is 1.77. The van der Waals surface area contributed by atoms with Crippen molar-refractivity contribution in [2.24, 2.45) is 7.05 Å². The summed E-state index contributed by atoms with van der Waals surface area (Å²) in [4.78, 5) is 25.6.